The van der Waals surface area contributed by atoms with Crippen LogP contribution in [0.2, 0.25) is 0 Å². The molecular weight excluding hydrogens is 276 g/mol. The van der Waals surface area contributed by atoms with Crippen LogP contribution in [-0.2, 0) is 0 Å². The fourth-order valence-electron chi connectivity index (χ4n) is 2.94. The van der Waals surface area contributed by atoms with Gasteiger partial charge >= 0.3 is 0 Å². The first-order valence-electron chi connectivity index (χ1n) is 11.3. The van der Waals surface area contributed by atoms with Crippen LogP contribution in [0.25, 0.3) is 0 Å². The molecule has 0 fully saturated rings. The van der Waals surface area contributed by atoms with Gasteiger partial charge in [0.1, 0.15) is 0 Å². The second kappa shape index (κ2) is 26.9. The predicted octanol–water partition coefficient (Wildman–Crippen LogP) is 9.46. The van der Waals surface area contributed by atoms with Gasteiger partial charge in [0.25, 0.3) is 0 Å². The number of unbranched alkanes of at least 4 members (excludes halogenated alkanes) is 17. The Morgan fingerprint density at radius 2 is 0.348 bits per heavy atom. The third kappa shape index (κ3) is 30.4. The molecule has 0 heterocycles. The molecule has 0 amide bonds. The molecule has 0 bridgehead atoms. The van der Waals surface area contributed by atoms with Crippen LogP contribution in [0.4, 0.5) is 0 Å². The van der Waals surface area contributed by atoms with Gasteiger partial charge in [0, 0.05) is 0 Å². The van der Waals surface area contributed by atoms with Gasteiger partial charge in [-0.05, 0) is 0 Å². The van der Waals surface area contributed by atoms with Gasteiger partial charge in [-0.2, -0.15) is 0 Å². The Morgan fingerprint density at radius 1 is 0.217 bits per heavy atom. The molecule has 0 rings (SSSR count). The highest BCUT2D eigenvalue weighted by atomic mass is 14.0. The van der Waals surface area contributed by atoms with E-state index in [9.17, 15) is 0 Å². The van der Waals surface area contributed by atoms with Crippen LogP contribution in [0.5, 0.6) is 0 Å². The normalized spacial score (nSPS) is 10.4. The maximum Gasteiger partial charge on any atom is -0.0533 e. The fourth-order valence-corrected chi connectivity index (χ4v) is 2.94. The lowest BCUT2D eigenvalue weighted by Gasteiger charge is -2.02. The van der Waals surface area contributed by atoms with Crippen molar-refractivity contribution in [2.75, 3.05) is 0 Å². The van der Waals surface area contributed by atoms with E-state index < -0.39 is 0 Å². The Hall–Kier alpha value is 0. The molecule has 0 radical (unpaired) electrons. The quantitative estimate of drug-likeness (QED) is 0.233. The molecule has 0 unspecified atom stereocenters. The summed E-state index contributed by atoms with van der Waals surface area (Å²) in [5.74, 6) is 0. The van der Waals surface area contributed by atoms with E-state index in [0.717, 1.165) is 0 Å². The molecule has 0 saturated carbocycles. The molecular formula is C23H50. The van der Waals surface area contributed by atoms with E-state index in [1.807, 2.05) is 0 Å². The van der Waals surface area contributed by atoms with Gasteiger partial charge in [0.15, 0.2) is 0 Å². The minimum Gasteiger partial charge on any atom is -0.0654 e. The van der Waals surface area contributed by atoms with Crippen LogP contribution in [0, 0.1) is 0 Å². The molecule has 0 aliphatic rings. The topological polar surface area (TPSA) is 0 Å². The Kier molecular flexibility index (Phi) is 29.5. The lowest BCUT2D eigenvalue weighted by molar-refractivity contribution is 0.534. The number of hydrogen-bond acceptors (Lipinski definition) is 0. The zero-order valence-corrected chi connectivity index (χ0v) is 17.4. The SMILES string of the molecule is CCCCCC.CCCCCCCCCCCCCCCCC. The zero-order valence-electron chi connectivity index (χ0n) is 17.4. The average Bonchev–Trinajstić information content (AvgIpc) is 2.58. The van der Waals surface area contributed by atoms with Gasteiger partial charge in [0.2, 0.25) is 0 Å². The standard InChI is InChI=1S/C17H36.C6H14/c1-3-5-7-9-11-13-15-17-16-14-12-10-8-6-4-2;1-3-5-6-4-2/h3-17H2,1-2H3;3-6H2,1-2H3. The zero-order chi connectivity index (χ0) is 17.4. The summed E-state index contributed by atoms with van der Waals surface area (Å²) < 4.78 is 0. The van der Waals surface area contributed by atoms with Crippen molar-refractivity contribution in [1.82, 2.24) is 0 Å². The van der Waals surface area contributed by atoms with Crippen molar-refractivity contribution in [3.05, 3.63) is 0 Å². The minimum absolute atomic E-state index is 1.36. The molecule has 0 N–H and O–H groups in total. The largest absolute Gasteiger partial charge is 0.0654 e. The molecule has 0 nitrogen and oxygen atoms in total. The highest BCUT2D eigenvalue weighted by Crippen LogP contribution is 2.13. The third-order valence-electron chi connectivity index (χ3n) is 4.66. The highest BCUT2D eigenvalue weighted by Gasteiger charge is 1.93. The summed E-state index contributed by atoms with van der Waals surface area (Å²) in [7, 11) is 0. The molecule has 0 aromatic carbocycles. The third-order valence-corrected chi connectivity index (χ3v) is 4.66. The maximum absolute atomic E-state index is 2.29. The fraction of sp³-hybridized carbons (Fsp3) is 1.00. The summed E-state index contributed by atoms with van der Waals surface area (Å²) in [6.07, 6.45) is 27.5. The van der Waals surface area contributed by atoms with Crippen molar-refractivity contribution in [1.29, 1.82) is 0 Å². The first kappa shape index (κ1) is 25.2. The van der Waals surface area contributed by atoms with Crippen molar-refractivity contribution in [3.8, 4) is 0 Å². The first-order chi connectivity index (χ1) is 11.3. The van der Waals surface area contributed by atoms with Gasteiger partial charge < -0.3 is 0 Å². The van der Waals surface area contributed by atoms with Crippen molar-refractivity contribution in [2.45, 2.75) is 150 Å². The number of hydrogen-bond donors (Lipinski definition) is 0. The monoisotopic (exact) mass is 326 g/mol. The van der Waals surface area contributed by atoms with Crippen molar-refractivity contribution in [3.63, 3.8) is 0 Å². The Labute approximate surface area is 150 Å². The molecule has 23 heavy (non-hydrogen) atoms. The van der Waals surface area contributed by atoms with E-state index in [1.54, 1.807) is 0 Å². The molecule has 0 aromatic rings. The smallest absolute Gasteiger partial charge is 0.0533 e. The second-order valence-corrected chi connectivity index (χ2v) is 7.30. The van der Waals surface area contributed by atoms with E-state index in [0.29, 0.717) is 0 Å². The Morgan fingerprint density at radius 3 is 0.522 bits per heavy atom. The molecule has 0 atom stereocenters. The molecule has 0 aliphatic heterocycles. The molecule has 0 aromatic heterocycles. The second-order valence-electron chi connectivity index (χ2n) is 7.30. The molecule has 0 aliphatic carbocycles. The van der Waals surface area contributed by atoms with Gasteiger partial charge in [-0.15, -0.1) is 0 Å². The minimum atomic E-state index is 1.36. The van der Waals surface area contributed by atoms with Gasteiger partial charge in [-0.3, -0.25) is 0 Å². The van der Waals surface area contributed by atoms with Crippen LogP contribution >= 0.6 is 0 Å². The Bertz CT molecular complexity index is 143. The van der Waals surface area contributed by atoms with Crippen LogP contribution in [0.1, 0.15) is 150 Å². The molecule has 142 valence electrons. The van der Waals surface area contributed by atoms with Crippen LogP contribution in [0.15, 0.2) is 0 Å². The number of rotatable bonds is 17. The van der Waals surface area contributed by atoms with Gasteiger partial charge in [-0.25, -0.2) is 0 Å². The van der Waals surface area contributed by atoms with E-state index in [-0.39, 0.29) is 0 Å². The molecule has 0 heteroatoms. The van der Waals surface area contributed by atoms with Gasteiger partial charge in [-0.1, -0.05) is 150 Å². The van der Waals surface area contributed by atoms with Crippen LogP contribution in [-0.4, -0.2) is 0 Å². The van der Waals surface area contributed by atoms with E-state index in [2.05, 4.69) is 27.7 Å². The first-order valence-corrected chi connectivity index (χ1v) is 11.3. The van der Waals surface area contributed by atoms with Crippen LogP contribution < -0.4 is 0 Å². The van der Waals surface area contributed by atoms with E-state index >= 15 is 0 Å². The van der Waals surface area contributed by atoms with Crippen molar-refractivity contribution < 1.29 is 0 Å². The predicted molar refractivity (Wildman–Crippen MR) is 110 cm³/mol. The maximum atomic E-state index is 2.29. The molecule has 0 spiro atoms. The van der Waals surface area contributed by atoms with Crippen molar-refractivity contribution in [2.24, 2.45) is 0 Å². The van der Waals surface area contributed by atoms with Crippen molar-refractivity contribution >= 4 is 0 Å². The average molecular weight is 327 g/mol. The summed E-state index contributed by atoms with van der Waals surface area (Å²) in [6.45, 7) is 9.05. The molecule has 0 saturated heterocycles. The lowest BCUT2D eigenvalue weighted by atomic mass is 10.0. The summed E-state index contributed by atoms with van der Waals surface area (Å²) in [5, 5.41) is 0. The van der Waals surface area contributed by atoms with E-state index in [4.69, 9.17) is 0 Å². The summed E-state index contributed by atoms with van der Waals surface area (Å²) in [6, 6.07) is 0. The van der Waals surface area contributed by atoms with Gasteiger partial charge in [0.05, 0.1) is 0 Å². The highest BCUT2D eigenvalue weighted by molar-refractivity contribution is 4.48. The van der Waals surface area contributed by atoms with Crippen LogP contribution in [0.3, 0.4) is 0 Å². The van der Waals surface area contributed by atoms with E-state index in [1.165, 1.54) is 122 Å². The Balaban J connectivity index is 0. The summed E-state index contributed by atoms with van der Waals surface area (Å²) in [4.78, 5) is 0. The summed E-state index contributed by atoms with van der Waals surface area (Å²) in [5.41, 5.74) is 0. The summed E-state index contributed by atoms with van der Waals surface area (Å²) >= 11 is 0. The lowest BCUT2D eigenvalue weighted by Crippen LogP contribution is -1.82.